The summed E-state index contributed by atoms with van der Waals surface area (Å²) in [6.45, 7) is 6.52. The molecule has 190 valence electrons. The average Bonchev–Trinajstić information content (AvgIpc) is 3.36. The molecule has 2 amide bonds. The molecule has 5 rings (SSSR count). The van der Waals surface area contributed by atoms with Crippen LogP contribution in [0, 0.1) is 12.7 Å². The number of rotatable bonds is 6. The van der Waals surface area contributed by atoms with Crippen molar-refractivity contribution in [3.63, 3.8) is 0 Å². The van der Waals surface area contributed by atoms with Crippen LogP contribution < -0.4 is 16.6 Å². The fourth-order valence-electron chi connectivity index (χ4n) is 4.13. The van der Waals surface area contributed by atoms with Crippen molar-refractivity contribution < 1.29 is 14.0 Å². The zero-order valence-electron chi connectivity index (χ0n) is 20.1. The topological polar surface area (TPSA) is 107 Å². The highest BCUT2D eigenvalue weighted by Gasteiger charge is 2.36. The largest absolute Gasteiger partial charge is 0.354 e. The number of nitrogens with one attached hydrogen (secondary N) is 2. The molecular formula is C25H30FN7O2S. The number of piperazine rings is 1. The number of nitrogens with two attached hydrogens (primary N) is 1. The van der Waals surface area contributed by atoms with Gasteiger partial charge in [-0.3, -0.25) is 25.3 Å². The lowest BCUT2D eigenvalue weighted by Crippen LogP contribution is -2.64. The Bertz CT molecular complexity index is 1150. The number of hydrazine groups is 1. The molecule has 0 aliphatic carbocycles. The minimum atomic E-state index is -0.308. The number of benzene rings is 2. The Morgan fingerprint density at radius 1 is 1.11 bits per heavy atom. The molecule has 0 saturated carbocycles. The summed E-state index contributed by atoms with van der Waals surface area (Å²) in [7, 11) is 0. The second kappa shape index (κ2) is 11.9. The van der Waals surface area contributed by atoms with E-state index >= 15 is 0 Å². The smallest absolute Gasteiger partial charge is 0.254 e. The molecule has 2 aliphatic rings. The summed E-state index contributed by atoms with van der Waals surface area (Å²) in [6, 6.07) is 11.6. The van der Waals surface area contributed by atoms with Crippen LogP contribution in [0.3, 0.4) is 0 Å². The van der Waals surface area contributed by atoms with Gasteiger partial charge in [-0.15, -0.1) is 11.3 Å². The summed E-state index contributed by atoms with van der Waals surface area (Å²) in [5.74, 6) is 5.30. The van der Waals surface area contributed by atoms with Gasteiger partial charge >= 0.3 is 0 Å². The Labute approximate surface area is 213 Å². The number of hydrogen-bond acceptors (Lipinski definition) is 8. The number of anilines is 3. The molecule has 2 aliphatic heterocycles. The van der Waals surface area contributed by atoms with Crippen molar-refractivity contribution in [1.82, 2.24) is 19.7 Å². The first-order valence-corrected chi connectivity index (χ1v) is 12.6. The molecule has 0 bridgehead atoms. The van der Waals surface area contributed by atoms with E-state index in [0.717, 1.165) is 37.6 Å². The van der Waals surface area contributed by atoms with Gasteiger partial charge in [0.15, 0.2) is 0 Å². The fraction of sp³-hybridized carbons (Fsp3) is 0.320. The van der Waals surface area contributed by atoms with Crippen LogP contribution in [0.25, 0.3) is 0 Å². The highest BCUT2D eigenvalue weighted by molar-refractivity contribution is 7.09. The molecule has 3 heterocycles. The van der Waals surface area contributed by atoms with E-state index in [1.807, 2.05) is 17.2 Å². The summed E-state index contributed by atoms with van der Waals surface area (Å²) in [5.41, 5.74) is 5.15. The average molecular weight is 512 g/mol. The molecule has 2 fully saturated rings. The third-order valence-electron chi connectivity index (χ3n) is 6.26. The summed E-state index contributed by atoms with van der Waals surface area (Å²) in [5, 5.41) is 6.26. The van der Waals surface area contributed by atoms with Gasteiger partial charge in [0, 0.05) is 68.1 Å². The number of aromatic nitrogens is 1. The van der Waals surface area contributed by atoms with Gasteiger partial charge in [0.05, 0.1) is 16.4 Å². The molecule has 2 aromatic carbocycles. The van der Waals surface area contributed by atoms with E-state index in [1.165, 1.54) is 12.1 Å². The van der Waals surface area contributed by atoms with Crippen LogP contribution in [-0.2, 0) is 4.79 Å². The number of aryl methyl sites for hydroxylation is 1. The number of amides is 2. The minimum Gasteiger partial charge on any atom is -0.354 e. The van der Waals surface area contributed by atoms with Crippen molar-refractivity contribution in [1.29, 1.82) is 0 Å². The van der Waals surface area contributed by atoms with Crippen molar-refractivity contribution in [2.75, 3.05) is 50.0 Å². The number of carbonyl (C=O) groups is 2. The van der Waals surface area contributed by atoms with Crippen molar-refractivity contribution in [3.8, 4) is 0 Å². The molecule has 3 aromatic rings. The molecule has 9 nitrogen and oxygen atoms in total. The molecule has 4 N–H and O–H groups in total. The third kappa shape index (κ3) is 6.36. The van der Waals surface area contributed by atoms with Crippen LogP contribution >= 0.6 is 11.3 Å². The molecule has 36 heavy (non-hydrogen) atoms. The van der Waals surface area contributed by atoms with Crippen molar-refractivity contribution in [2.24, 2.45) is 5.84 Å². The Kier molecular flexibility index (Phi) is 8.47. The summed E-state index contributed by atoms with van der Waals surface area (Å²) >= 11 is 1.67. The molecular weight excluding hydrogens is 481 g/mol. The Morgan fingerprint density at radius 2 is 1.83 bits per heavy atom. The Morgan fingerprint density at radius 3 is 2.39 bits per heavy atom. The van der Waals surface area contributed by atoms with Gasteiger partial charge in [-0.2, -0.15) is 0 Å². The van der Waals surface area contributed by atoms with Crippen molar-refractivity contribution in [2.45, 2.75) is 13.0 Å². The lowest BCUT2D eigenvalue weighted by atomic mass is 10.0. The second-order valence-electron chi connectivity index (χ2n) is 8.63. The van der Waals surface area contributed by atoms with E-state index in [0.29, 0.717) is 41.8 Å². The predicted octanol–water partition coefficient (Wildman–Crippen LogP) is 2.90. The lowest BCUT2D eigenvalue weighted by molar-refractivity contribution is -0.120. The quantitative estimate of drug-likeness (QED) is 0.265. The lowest BCUT2D eigenvalue weighted by Gasteiger charge is -2.47. The number of nitrogen functional groups attached to an aromatic ring is 1. The van der Waals surface area contributed by atoms with Crippen molar-refractivity contribution in [3.05, 3.63) is 70.4 Å². The maximum Gasteiger partial charge on any atom is 0.254 e. The van der Waals surface area contributed by atoms with Crippen LogP contribution in [-0.4, -0.2) is 77.3 Å². The number of halogens is 1. The van der Waals surface area contributed by atoms with Gasteiger partial charge in [0.2, 0.25) is 6.41 Å². The van der Waals surface area contributed by atoms with Gasteiger partial charge in [-0.05, 0) is 49.4 Å². The van der Waals surface area contributed by atoms with Gasteiger partial charge in [0.25, 0.3) is 5.91 Å². The van der Waals surface area contributed by atoms with E-state index in [4.69, 9.17) is 5.84 Å². The van der Waals surface area contributed by atoms with Crippen LogP contribution in [0.15, 0.2) is 54.0 Å². The Balaban J connectivity index is 0.000000445. The standard InChI is InChI=1S/C21H25FN6O2.C4H5NS/c22-16-2-4-17(5-3-16)24-19-6-1-15(11-20(19)25-23)21(30)28-12-18(13-28)27-9-7-26(14-29)8-10-27;1-4-5-2-3-6-4/h1-6,11,14,18,24-25H,7-10,12-13,23H2;2-3H,1H3. The molecule has 0 unspecified atom stereocenters. The van der Waals surface area contributed by atoms with Gasteiger partial charge in [-0.1, -0.05) is 0 Å². The van der Waals surface area contributed by atoms with Crippen LogP contribution in [0.2, 0.25) is 0 Å². The highest BCUT2D eigenvalue weighted by atomic mass is 32.1. The zero-order valence-corrected chi connectivity index (χ0v) is 20.9. The van der Waals surface area contributed by atoms with E-state index in [9.17, 15) is 14.0 Å². The Hall–Kier alpha value is -3.54. The second-order valence-corrected chi connectivity index (χ2v) is 9.73. The molecule has 0 atom stereocenters. The number of likely N-dealkylation sites (tertiary alicyclic amines) is 1. The van der Waals surface area contributed by atoms with Gasteiger partial charge < -0.3 is 20.5 Å². The van der Waals surface area contributed by atoms with Crippen LogP contribution in [0.1, 0.15) is 15.4 Å². The van der Waals surface area contributed by atoms with Crippen LogP contribution in [0.5, 0.6) is 0 Å². The van der Waals surface area contributed by atoms with Crippen LogP contribution in [0.4, 0.5) is 21.5 Å². The molecule has 0 spiro atoms. The van der Waals surface area contributed by atoms with E-state index < -0.39 is 0 Å². The zero-order chi connectivity index (χ0) is 25.5. The maximum absolute atomic E-state index is 13.1. The fourth-order valence-corrected chi connectivity index (χ4v) is 4.57. The van der Waals surface area contributed by atoms with E-state index in [1.54, 1.807) is 52.8 Å². The number of nitrogens with zero attached hydrogens (tertiary/aromatic N) is 4. The SMILES string of the molecule is Cc1nccs1.NNc1cc(C(=O)N2CC(N3CCN(C=O)CC3)C2)ccc1Nc1ccc(F)cc1. The normalized spacial score (nSPS) is 16.0. The first-order chi connectivity index (χ1) is 17.5. The van der Waals surface area contributed by atoms with Gasteiger partial charge in [-0.25, -0.2) is 4.39 Å². The number of hydrogen-bond donors (Lipinski definition) is 3. The van der Waals surface area contributed by atoms with E-state index in [-0.39, 0.29) is 11.7 Å². The summed E-state index contributed by atoms with van der Waals surface area (Å²) in [6.07, 6.45) is 2.70. The highest BCUT2D eigenvalue weighted by Crippen LogP contribution is 2.28. The van der Waals surface area contributed by atoms with Gasteiger partial charge in [0.1, 0.15) is 5.82 Å². The molecule has 1 aromatic heterocycles. The monoisotopic (exact) mass is 511 g/mol. The number of thiazole rings is 1. The maximum atomic E-state index is 13.1. The van der Waals surface area contributed by atoms with E-state index in [2.05, 4.69) is 20.6 Å². The predicted molar refractivity (Wildman–Crippen MR) is 140 cm³/mol. The summed E-state index contributed by atoms with van der Waals surface area (Å²) < 4.78 is 13.1. The molecule has 11 heteroatoms. The minimum absolute atomic E-state index is 0.0393. The number of carbonyl (C=O) groups excluding carboxylic acids is 2. The third-order valence-corrected chi connectivity index (χ3v) is 6.97. The first kappa shape index (κ1) is 25.5. The molecule has 0 radical (unpaired) electrons. The molecule has 2 saturated heterocycles. The summed E-state index contributed by atoms with van der Waals surface area (Å²) in [4.78, 5) is 33.6. The van der Waals surface area contributed by atoms with Crippen molar-refractivity contribution >= 4 is 40.7 Å². The first-order valence-electron chi connectivity index (χ1n) is 11.7.